The number of nitrogens with one attached hydrogen (secondary N) is 1. The number of imidazole rings is 1. The molecule has 0 fully saturated rings. The Morgan fingerprint density at radius 1 is 1.67 bits per heavy atom. The Morgan fingerprint density at radius 2 is 2.39 bits per heavy atom. The Bertz CT molecular complexity index is 414. The number of rotatable bonds is 6. The maximum Gasteiger partial charge on any atom is 0.329 e. The molecule has 0 aliphatic carbocycles. The van der Waals surface area contributed by atoms with E-state index in [0.29, 0.717) is 6.42 Å². The lowest BCUT2D eigenvalue weighted by Gasteiger charge is -2.24. The second-order valence-corrected chi connectivity index (χ2v) is 3.70. The Balaban J connectivity index is 2.83. The van der Waals surface area contributed by atoms with Crippen molar-refractivity contribution in [3.05, 3.63) is 30.9 Å². The van der Waals surface area contributed by atoms with Crippen molar-refractivity contribution in [1.82, 2.24) is 14.9 Å². The molecule has 6 heteroatoms. The number of nitrogens with zero attached hydrogens (tertiary/aromatic N) is 2. The predicted molar refractivity (Wildman–Crippen MR) is 65.7 cm³/mol. The van der Waals surface area contributed by atoms with Gasteiger partial charge in [-0.1, -0.05) is 6.58 Å². The molecule has 1 atom stereocenters. The number of carbonyl (C=O) groups excluding carboxylic acids is 2. The predicted octanol–water partition coefficient (Wildman–Crippen LogP) is 0.528. The number of aromatic amines is 1. The number of esters is 1. The summed E-state index contributed by atoms with van der Waals surface area (Å²) >= 11 is 0. The summed E-state index contributed by atoms with van der Waals surface area (Å²) in [5.41, 5.74) is 0.761. The Morgan fingerprint density at radius 3 is 2.89 bits per heavy atom. The molecule has 0 spiro atoms. The Kier molecular flexibility index (Phi) is 5.10. The van der Waals surface area contributed by atoms with Crippen LogP contribution in [0.1, 0.15) is 12.6 Å². The van der Waals surface area contributed by atoms with Gasteiger partial charge < -0.3 is 14.6 Å². The minimum atomic E-state index is -0.684. The molecule has 1 aromatic heterocycles. The van der Waals surface area contributed by atoms with Gasteiger partial charge in [-0.25, -0.2) is 9.78 Å². The topological polar surface area (TPSA) is 75.3 Å². The third-order valence-corrected chi connectivity index (χ3v) is 2.52. The third kappa shape index (κ3) is 3.44. The van der Waals surface area contributed by atoms with Crippen LogP contribution in [0.25, 0.3) is 0 Å². The first-order chi connectivity index (χ1) is 8.60. The summed E-state index contributed by atoms with van der Waals surface area (Å²) in [6.07, 6.45) is 4.62. The van der Waals surface area contributed by atoms with Crippen molar-refractivity contribution in [2.75, 3.05) is 13.7 Å². The summed E-state index contributed by atoms with van der Waals surface area (Å²) in [6, 6.07) is -0.684. The van der Waals surface area contributed by atoms with Crippen molar-refractivity contribution in [1.29, 1.82) is 0 Å². The lowest BCUT2D eigenvalue weighted by Crippen LogP contribution is -2.44. The van der Waals surface area contributed by atoms with E-state index in [4.69, 9.17) is 4.74 Å². The molecule has 0 aromatic carbocycles. The maximum absolute atomic E-state index is 11.8. The van der Waals surface area contributed by atoms with E-state index in [1.54, 1.807) is 20.2 Å². The number of carbonyl (C=O) groups is 2. The average molecular weight is 251 g/mol. The summed E-state index contributed by atoms with van der Waals surface area (Å²) in [5.74, 6) is -0.766. The minimum Gasteiger partial charge on any atom is -0.464 e. The first-order valence-electron chi connectivity index (χ1n) is 5.63. The molecule has 1 aromatic rings. The van der Waals surface area contributed by atoms with E-state index in [-0.39, 0.29) is 12.5 Å². The number of hydrogen-bond donors (Lipinski definition) is 1. The molecule has 1 amide bonds. The van der Waals surface area contributed by atoms with Crippen LogP contribution < -0.4 is 0 Å². The van der Waals surface area contributed by atoms with Gasteiger partial charge in [0.25, 0.3) is 0 Å². The Hall–Kier alpha value is -2.11. The highest BCUT2D eigenvalue weighted by atomic mass is 16.5. The van der Waals surface area contributed by atoms with E-state index < -0.39 is 12.0 Å². The zero-order valence-corrected chi connectivity index (χ0v) is 10.5. The molecular formula is C12H17N3O3. The second kappa shape index (κ2) is 6.58. The second-order valence-electron chi connectivity index (χ2n) is 3.70. The van der Waals surface area contributed by atoms with Gasteiger partial charge in [0.15, 0.2) is 0 Å². The summed E-state index contributed by atoms with van der Waals surface area (Å²) < 4.78 is 4.97. The molecule has 1 heterocycles. The van der Waals surface area contributed by atoms with Gasteiger partial charge in [-0.2, -0.15) is 0 Å². The molecule has 0 saturated carbocycles. The van der Waals surface area contributed by atoms with Gasteiger partial charge in [0.05, 0.1) is 12.9 Å². The number of hydrogen-bond acceptors (Lipinski definition) is 4. The molecule has 0 aliphatic heterocycles. The highest BCUT2D eigenvalue weighted by molar-refractivity contribution is 5.91. The van der Waals surface area contributed by atoms with Crippen molar-refractivity contribution < 1.29 is 14.3 Å². The summed E-state index contributed by atoms with van der Waals surface area (Å²) in [5, 5.41) is 0. The van der Waals surface area contributed by atoms with Crippen molar-refractivity contribution in [2.24, 2.45) is 0 Å². The average Bonchev–Trinajstić information content (AvgIpc) is 2.87. The molecule has 0 bridgehead atoms. The van der Waals surface area contributed by atoms with Crippen LogP contribution in [-0.4, -0.2) is 46.4 Å². The molecule has 0 radical (unpaired) electrons. The van der Waals surface area contributed by atoms with Crippen LogP contribution in [-0.2, 0) is 20.7 Å². The van der Waals surface area contributed by atoms with Crippen molar-refractivity contribution in [2.45, 2.75) is 19.4 Å². The van der Waals surface area contributed by atoms with Crippen molar-refractivity contribution >= 4 is 11.9 Å². The van der Waals surface area contributed by atoms with E-state index in [1.165, 1.54) is 17.3 Å². The van der Waals surface area contributed by atoms with Gasteiger partial charge in [-0.15, -0.1) is 0 Å². The summed E-state index contributed by atoms with van der Waals surface area (Å²) in [7, 11) is 1.54. The van der Waals surface area contributed by atoms with Crippen LogP contribution in [0.5, 0.6) is 0 Å². The third-order valence-electron chi connectivity index (χ3n) is 2.52. The van der Waals surface area contributed by atoms with Gasteiger partial charge in [0.2, 0.25) is 5.91 Å². The van der Waals surface area contributed by atoms with Crippen LogP contribution in [0.3, 0.4) is 0 Å². The fraction of sp³-hybridized carbons (Fsp3) is 0.417. The van der Waals surface area contributed by atoms with Crippen molar-refractivity contribution in [3.8, 4) is 0 Å². The smallest absolute Gasteiger partial charge is 0.329 e. The van der Waals surface area contributed by atoms with E-state index in [9.17, 15) is 9.59 Å². The zero-order chi connectivity index (χ0) is 13.5. The molecule has 98 valence electrons. The van der Waals surface area contributed by atoms with E-state index in [0.717, 1.165) is 5.69 Å². The van der Waals surface area contributed by atoms with Gasteiger partial charge >= 0.3 is 5.97 Å². The van der Waals surface area contributed by atoms with Crippen LogP contribution >= 0.6 is 0 Å². The van der Waals surface area contributed by atoms with E-state index in [2.05, 4.69) is 16.5 Å². The number of amides is 1. The van der Waals surface area contributed by atoms with Crippen LogP contribution in [0.4, 0.5) is 0 Å². The summed E-state index contributed by atoms with van der Waals surface area (Å²) in [4.78, 5) is 31.5. The standard InChI is InChI=1S/C12H17N3O3/c1-4-11(16)15(3)10(12(17)18-5-2)6-9-7-13-8-14-9/h4,7-8,10H,1,5-6H2,2-3H3,(H,13,14)/t10-/m0/s1. The van der Waals surface area contributed by atoms with Crippen molar-refractivity contribution in [3.63, 3.8) is 0 Å². The van der Waals surface area contributed by atoms with Gasteiger partial charge in [0, 0.05) is 25.4 Å². The largest absolute Gasteiger partial charge is 0.464 e. The number of aromatic nitrogens is 2. The van der Waals surface area contributed by atoms with Gasteiger partial charge in [-0.05, 0) is 13.0 Å². The number of ether oxygens (including phenoxy) is 1. The molecule has 1 rings (SSSR count). The van der Waals surface area contributed by atoms with E-state index >= 15 is 0 Å². The molecule has 0 aliphatic rings. The highest BCUT2D eigenvalue weighted by Gasteiger charge is 2.27. The Labute approximate surface area is 106 Å². The van der Waals surface area contributed by atoms with Gasteiger partial charge in [0.1, 0.15) is 6.04 Å². The molecule has 6 nitrogen and oxygen atoms in total. The fourth-order valence-corrected chi connectivity index (χ4v) is 1.52. The minimum absolute atomic E-state index is 0.272. The zero-order valence-electron chi connectivity index (χ0n) is 10.5. The first kappa shape index (κ1) is 14.0. The molecule has 0 saturated heterocycles. The molecule has 0 unspecified atom stereocenters. The lowest BCUT2D eigenvalue weighted by molar-refractivity contribution is -0.152. The lowest BCUT2D eigenvalue weighted by atomic mass is 10.1. The molecule has 18 heavy (non-hydrogen) atoms. The quantitative estimate of drug-likeness (QED) is 0.591. The van der Waals surface area contributed by atoms with Crippen LogP contribution in [0, 0.1) is 0 Å². The fourth-order valence-electron chi connectivity index (χ4n) is 1.52. The first-order valence-corrected chi connectivity index (χ1v) is 5.63. The molecular weight excluding hydrogens is 234 g/mol. The SMILES string of the molecule is C=CC(=O)N(C)[C@@H](Cc1cnc[nH]1)C(=O)OCC. The number of H-pyrrole nitrogens is 1. The van der Waals surface area contributed by atoms with Gasteiger partial charge in [-0.3, -0.25) is 4.79 Å². The maximum atomic E-state index is 11.8. The van der Waals surface area contributed by atoms with Crippen LogP contribution in [0.2, 0.25) is 0 Å². The van der Waals surface area contributed by atoms with Crippen LogP contribution in [0.15, 0.2) is 25.2 Å². The number of likely N-dealkylation sites (N-methyl/N-ethyl adjacent to an activating group) is 1. The summed E-state index contributed by atoms with van der Waals surface area (Å²) in [6.45, 7) is 5.40. The highest BCUT2D eigenvalue weighted by Crippen LogP contribution is 2.08. The molecule has 1 N–H and O–H groups in total. The monoisotopic (exact) mass is 251 g/mol. The normalized spacial score (nSPS) is 11.7. The van der Waals surface area contributed by atoms with E-state index in [1.807, 2.05) is 0 Å².